The van der Waals surface area contributed by atoms with Crippen LogP contribution >= 0.6 is 0 Å². The SMILES string of the molecule is Cc1ccc(C=CC(=O)NC2CCC(=O)NC2)o1. The fraction of sp³-hybridized carbons (Fsp3) is 0.385. The van der Waals surface area contributed by atoms with Crippen LogP contribution in [0.4, 0.5) is 0 Å². The highest BCUT2D eigenvalue weighted by Crippen LogP contribution is 2.08. The Hall–Kier alpha value is -2.04. The summed E-state index contributed by atoms with van der Waals surface area (Å²) in [5.41, 5.74) is 0. The van der Waals surface area contributed by atoms with E-state index in [2.05, 4.69) is 10.6 Å². The van der Waals surface area contributed by atoms with Crippen LogP contribution < -0.4 is 10.6 Å². The first kappa shape index (κ1) is 12.4. The van der Waals surface area contributed by atoms with Gasteiger partial charge >= 0.3 is 0 Å². The van der Waals surface area contributed by atoms with Gasteiger partial charge in [0.1, 0.15) is 11.5 Å². The molecule has 0 aromatic carbocycles. The van der Waals surface area contributed by atoms with Crippen LogP contribution in [-0.2, 0) is 9.59 Å². The number of hydrogen-bond acceptors (Lipinski definition) is 3. The monoisotopic (exact) mass is 248 g/mol. The largest absolute Gasteiger partial charge is 0.462 e. The Morgan fingerprint density at radius 1 is 1.56 bits per heavy atom. The molecule has 1 aromatic heterocycles. The first-order chi connectivity index (χ1) is 8.63. The van der Waals surface area contributed by atoms with E-state index in [-0.39, 0.29) is 17.9 Å². The van der Waals surface area contributed by atoms with Gasteiger partial charge in [0.2, 0.25) is 11.8 Å². The molecule has 2 N–H and O–H groups in total. The summed E-state index contributed by atoms with van der Waals surface area (Å²) >= 11 is 0. The minimum atomic E-state index is -0.176. The molecular formula is C13H16N2O3. The van der Waals surface area contributed by atoms with E-state index >= 15 is 0 Å². The molecule has 0 spiro atoms. The molecule has 1 atom stereocenters. The minimum absolute atomic E-state index is 0.0122. The maximum atomic E-state index is 11.6. The molecule has 18 heavy (non-hydrogen) atoms. The Kier molecular flexibility index (Phi) is 3.82. The number of rotatable bonds is 3. The molecule has 1 aliphatic heterocycles. The van der Waals surface area contributed by atoms with E-state index in [4.69, 9.17) is 4.42 Å². The molecule has 1 aliphatic rings. The van der Waals surface area contributed by atoms with Gasteiger partial charge in [0.15, 0.2) is 0 Å². The topological polar surface area (TPSA) is 71.3 Å². The number of amides is 2. The first-order valence-electron chi connectivity index (χ1n) is 5.95. The number of aryl methyl sites for hydroxylation is 1. The number of carbonyl (C=O) groups excluding carboxylic acids is 2. The summed E-state index contributed by atoms with van der Waals surface area (Å²) in [6.07, 6.45) is 4.22. The number of nitrogens with one attached hydrogen (secondary N) is 2. The Balaban J connectivity index is 1.81. The van der Waals surface area contributed by atoms with Crippen molar-refractivity contribution in [1.29, 1.82) is 0 Å². The normalized spacial score (nSPS) is 19.8. The molecule has 1 aromatic rings. The van der Waals surface area contributed by atoms with Crippen LogP contribution in [0.5, 0.6) is 0 Å². The molecule has 0 bridgehead atoms. The Morgan fingerprint density at radius 2 is 2.39 bits per heavy atom. The lowest BCUT2D eigenvalue weighted by atomic mass is 10.1. The van der Waals surface area contributed by atoms with Crippen molar-refractivity contribution in [2.24, 2.45) is 0 Å². The third-order valence-corrected chi connectivity index (χ3v) is 2.77. The quantitative estimate of drug-likeness (QED) is 0.784. The van der Waals surface area contributed by atoms with Gasteiger partial charge in [-0.1, -0.05) is 0 Å². The summed E-state index contributed by atoms with van der Waals surface area (Å²) < 4.78 is 5.31. The summed E-state index contributed by atoms with van der Waals surface area (Å²) in [4.78, 5) is 22.6. The van der Waals surface area contributed by atoms with Gasteiger partial charge in [0, 0.05) is 25.1 Å². The van der Waals surface area contributed by atoms with Crippen LogP contribution in [0.2, 0.25) is 0 Å². The molecule has 0 saturated carbocycles. The predicted octanol–water partition coefficient (Wildman–Crippen LogP) is 0.996. The zero-order chi connectivity index (χ0) is 13.0. The predicted molar refractivity (Wildman–Crippen MR) is 66.7 cm³/mol. The fourth-order valence-electron chi connectivity index (χ4n) is 1.81. The molecule has 2 amide bonds. The Labute approximate surface area is 105 Å². The van der Waals surface area contributed by atoms with Gasteiger partial charge in [-0.25, -0.2) is 0 Å². The van der Waals surface area contributed by atoms with Gasteiger partial charge in [0.05, 0.1) is 0 Å². The molecule has 5 nitrogen and oxygen atoms in total. The molecule has 0 aliphatic carbocycles. The molecule has 1 unspecified atom stereocenters. The van der Waals surface area contributed by atoms with Gasteiger partial charge in [0.25, 0.3) is 0 Å². The van der Waals surface area contributed by atoms with Crippen LogP contribution in [0.1, 0.15) is 24.4 Å². The maximum Gasteiger partial charge on any atom is 0.244 e. The molecule has 5 heteroatoms. The van der Waals surface area contributed by atoms with Crippen molar-refractivity contribution in [2.75, 3.05) is 6.54 Å². The summed E-state index contributed by atoms with van der Waals surface area (Å²) in [6, 6.07) is 3.66. The molecule has 2 rings (SSSR count). The van der Waals surface area contributed by atoms with Crippen LogP contribution in [0.25, 0.3) is 6.08 Å². The number of piperidine rings is 1. The minimum Gasteiger partial charge on any atom is -0.462 e. The van der Waals surface area contributed by atoms with Crippen molar-refractivity contribution in [1.82, 2.24) is 10.6 Å². The van der Waals surface area contributed by atoms with Gasteiger partial charge in [-0.3, -0.25) is 9.59 Å². The third kappa shape index (κ3) is 3.48. The zero-order valence-corrected chi connectivity index (χ0v) is 10.2. The second kappa shape index (κ2) is 5.53. The van der Waals surface area contributed by atoms with E-state index < -0.39 is 0 Å². The molecule has 2 heterocycles. The zero-order valence-electron chi connectivity index (χ0n) is 10.2. The van der Waals surface area contributed by atoms with Crippen molar-refractivity contribution in [2.45, 2.75) is 25.8 Å². The van der Waals surface area contributed by atoms with E-state index in [9.17, 15) is 9.59 Å². The molecule has 1 fully saturated rings. The highest BCUT2D eigenvalue weighted by molar-refractivity contribution is 5.91. The number of hydrogen-bond donors (Lipinski definition) is 2. The number of furan rings is 1. The highest BCUT2D eigenvalue weighted by Gasteiger charge is 2.18. The summed E-state index contributed by atoms with van der Waals surface area (Å²) in [5, 5.41) is 5.55. The Bertz CT molecular complexity index is 466. The Morgan fingerprint density at radius 3 is 3.00 bits per heavy atom. The van der Waals surface area contributed by atoms with Crippen LogP contribution in [0, 0.1) is 6.92 Å². The van der Waals surface area contributed by atoms with E-state index in [1.54, 1.807) is 12.1 Å². The van der Waals surface area contributed by atoms with Crippen molar-refractivity contribution in [3.63, 3.8) is 0 Å². The average Bonchev–Trinajstić information content (AvgIpc) is 2.76. The fourth-order valence-corrected chi connectivity index (χ4v) is 1.81. The lowest BCUT2D eigenvalue weighted by Crippen LogP contribution is -2.47. The van der Waals surface area contributed by atoms with Crippen LogP contribution in [0.15, 0.2) is 22.6 Å². The van der Waals surface area contributed by atoms with E-state index in [0.717, 1.165) is 5.76 Å². The van der Waals surface area contributed by atoms with Gasteiger partial charge in [-0.05, 0) is 31.6 Å². The van der Waals surface area contributed by atoms with Gasteiger partial charge in [-0.15, -0.1) is 0 Å². The third-order valence-electron chi connectivity index (χ3n) is 2.77. The second-order valence-electron chi connectivity index (χ2n) is 4.33. The molecule has 1 saturated heterocycles. The summed E-state index contributed by atoms with van der Waals surface area (Å²) in [5.74, 6) is 1.33. The van der Waals surface area contributed by atoms with E-state index in [1.165, 1.54) is 6.08 Å². The molecule has 0 radical (unpaired) electrons. The maximum absolute atomic E-state index is 11.6. The van der Waals surface area contributed by atoms with E-state index in [0.29, 0.717) is 25.1 Å². The summed E-state index contributed by atoms with van der Waals surface area (Å²) in [6.45, 7) is 2.35. The standard InChI is InChI=1S/C13H16N2O3/c1-9-2-4-11(18-9)5-7-13(17)15-10-3-6-12(16)14-8-10/h2,4-5,7,10H,3,6,8H2,1H3,(H,14,16)(H,15,17). The van der Waals surface area contributed by atoms with Gasteiger partial charge in [-0.2, -0.15) is 0 Å². The first-order valence-corrected chi connectivity index (χ1v) is 5.95. The van der Waals surface area contributed by atoms with Crippen molar-refractivity contribution in [3.8, 4) is 0 Å². The molecular weight excluding hydrogens is 232 g/mol. The smallest absolute Gasteiger partial charge is 0.244 e. The van der Waals surface area contributed by atoms with Crippen molar-refractivity contribution >= 4 is 17.9 Å². The second-order valence-corrected chi connectivity index (χ2v) is 4.33. The summed E-state index contributed by atoms with van der Waals surface area (Å²) in [7, 11) is 0. The number of carbonyl (C=O) groups is 2. The molecule has 96 valence electrons. The average molecular weight is 248 g/mol. The lowest BCUT2D eigenvalue weighted by molar-refractivity contribution is -0.124. The highest BCUT2D eigenvalue weighted by atomic mass is 16.3. The van der Waals surface area contributed by atoms with Gasteiger partial charge < -0.3 is 15.1 Å². The lowest BCUT2D eigenvalue weighted by Gasteiger charge is -2.22. The van der Waals surface area contributed by atoms with Crippen LogP contribution in [0.3, 0.4) is 0 Å². The van der Waals surface area contributed by atoms with Crippen molar-refractivity contribution < 1.29 is 14.0 Å². The van der Waals surface area contributed by atoms with Crippen molar-refractivity contribution in [3.05, 3.63) is 29.7 Å². The van der Waals surface area contributed by atoms with E-state index in [1.807, 2.05) is 13.0 Å². The van der Waals surface area contributed by atoms with Crippen LogP contribution in [-0.4, -0.2) is 24.4 Å².